The smallest absolute Gasteiger partial charge is 0.0705 e. The molecule has 1 nitrogen and oxygen atoms in total. The van der Waals surface area contributed by atoms with Crippen molar-refractivity contribution in [3.8, 4) is 0 Å². The highest BCUT2D eigenvalue weighted by Crippen LogP contribution is 2.30. The van der Waals surface area contributed by atoms with Gasteiger partial charge in [0.1, 0.15) is 0 Å². The Hall–Kier alpha value is -1.67. The fraction of sp³-hybridized carbons (Fsp3) is 0.211. The van der Waals surface area contributed by atoms with E-state index in [0.717, 1.165) is 17.6 Å². The first-order valence-electron chi connectivity index (χ1n) is 7.19. The van der Waals surface area contributed by atoms with Gasteiger partial charge in [-0.05, 0) is 37.1 Å². The van der Waals surface area contributed by atoms with Gasteiger partial charge in [-0.15, -0.1) is 0 Å². The van der Waals surface area contributed by atoms with E-state index in [1.807, 2.05) is 12.1 Å². The number of halogens is 1. The number of pyridine rings is 1. The van der Waals surface area contributed by atoms with Gasteiger partial charge >= 0.3 is 0 Å². The second-order valence-electron chi connectivity index (χ2n) is 5.53. The molecule has 0 aliphatic carbocycles. The van der Waals surface area contributed by atoms with Crippen LogP contribution in [0.5, 0.6) is 0 Å². The lowest BCUT2D eigenvalue weighted by Gasteiger charge is -2.14. The first-order valence-corrected chi connectivity index (χ1v) is 8.11. The molecule has 0 bridgehead atoms. The number of nitrogens with zero attached hydrogens (tertiary/aromatic N) is 1. The normalized spacial score (nSPS) is 12.5. The van der Waals surface area contributed by atoms with Gasteiger partial charge in [0, 0.05) is 22.3 Å². The molecule has 0 fully saturated rings. The van der Waals surface area contributed by atoms with Crippen molar-refractivity contribution in [2.24, 2.45) is 0 Å². The molecular weight excluding hydrogens is 322 g/mol. The number of benzene rings is 2. The summed E-state index contributed by atoms with van der Waals surface area (Å²) in [7, 11) is 0. The number of hydrogen-bond donors (Lipinski definition) is 0. The quantitative estimate of drug-likeness (QED) is 0.571. The highest BCUT2D eigenvalue weighted by Gasteiger charge is 2.12. The summed E-state index contributed by atoms with van der Waals surface area (Å²) in [5.41, 5.74) is 6.17. The third-order valence-electron chi connectivity index (χ3n) is 3.81. The van der Waals surface area contributed by atoms with Crippen molar-refractivity contribution < 1.29 is 0 Å². The van der Waals surface area contributed by atoms with Crippen molar-refractivity contribution in [3.05, 3.63) is 77.0 Å². The van der Waals surface area contributed by atoms with Crippen LogP contribution in [0.1, 0.15) is 27.2 Å². The lowest BCUT2D eigenvalue weighted by molar-refractivity contribution is 0.904. The van der Waals surface area contributed by atoms with E-state index < -0.39 is 0 Å². The summed E-state index contributed by atoms with van der Waals surface area (Å²) in [4.78, 5) is 5.06. The first-order chi connectivity index (χ1) is 10.1. The molecule has 3 aromatic rings. The molecule has 0 N–H and O–H groups in total. The lowest BCUT2D eigenvalue weighted by Crippen LogP contribution is -2.00. The average Bonchev–Trinajstić information content (AvgIpc) is 2.47. The number of alkyl halides is 1. The van der Waals surface area contributed by atoms with Gasteiger partial charge in [0.2, 0.25) is 0 Å². The predicted octanol–water partition coefficient (Wildman–Crippen LogP) is 5.53. The minimum atomic E-state index is 0.298. The van der Waals surface area contributed by atoms with E-state index in [1.165, 1.54) is 22.1 Å². The minimum Gasteiger partial charge on any atom is -0.253 e. The van der Waals surface area contributed by atoms with Crippen LogP contribution in [0.25, 0.3) is 10.9 Å². The van der Waals surface area contributed by atoms with Gasteiger partial charge in [-0.3, -0.25) is 4.98 Å². The maximum Gasteiger partial charge on any atom is 0.0705 e. The van der Waals surface area contributed by atoms with Gasteiger partial charge < -0.3 is 0 Å². The van der Waals surface area contributed by atoms with Crippen LogP contribution in [0.3, 0.4) is 0 Å². The zero-order chi connectivity index (χ0) is 14.8. The van der Waals surface area contributed by atoms with E-state index in [2.05, 4.69) is 72.2 Å². The molecule has 0 amide bonds. The minimum absolute atomic E-state index is 0.298. The Morgan fingerprint density at radius 2 is 1.81 bits per heavy atom. The molecule has 2 heteroatoms. The number of aryl methyl sites for hydroxylation is 2. The topological polar surface area (TPSA) is 12.9 Å². The number of para-hydroxylation sites is 1. The fourth-order valence-electron chi connectivity index (χ4n) is 2.69. The molecule has 106 valence electrons. The number of rotatable bonds is 3. The Labute approximate surface area is 134 Å². The number of hydrogen-bond acceptors (Lipinski definition) is 1. The van der Waals surface area contributed by atoms with Crippen molar-refractivity contribution in [2.45, 2.75) is 25.1 Å². The summed E-state index contributed by atoms with van der Waals surface area (Å²) < 4.78 is 0. The van der Waals surface area contributed by atoms with Gasteiger partial charge in [0.05, 0.1) is 5.52 Å². The number of aromatic nitrogens is 1. The van der Waals surface area contributed by atoms with Crippen LogP contribution in [0.4, 0.5) is 0 Å². The van der Waals surface area contributed by atoms with Crippen LogP contribution in [0.15, 0.2) is 54.6 Å². The molecule has 0 saturated heterocycles. The molecule has 21 heavy (non-hydrogen) atoms. The third kappa shape index (κ3) is 3.16. The molecular formula is C19H18BrN. The summed E-state index contributed by atoms with van der Waals surface area (Å²) in [6.45, 7) is 4.30. The molecule has 3 rings (SSSR count). The third-order valence-corrected chi connectivity index (χ3v) is 4.62. The van der Waals surface area contributed by atoms with Crippen LogP contribution in [0, 0.1) is 13.8 Å². The molecule has 0 aliphatic heterocycles. The van der Waals surface area contributed by atoms with Crippen molar-refractivity contribution in [1.29, 1.82) is 0 Å². The van der Waals surface area contributed by atoms with Gasteiger partial charge in [-0.25, -0.2) is 0 Å². The van der Waals surface area contributed by atoms with Gasteiger partial charge in [0.25, 0.3) is 0 Å². The molecule has 1 unspecified atom stereocenters. The zero-order valence-corrected chi connectivity index (χ0v) is 13.9. The van der Waals surface area contributed by atoms with Crippen LogP contribution in [-0.4, -0.2) is 4.98 Å². The second kappa shape index (κ2) is 5.98. The Bertz CT molecular complexity index is 779. The van der Waals surface area contributed by atoms with Crippen molar-refractivity contribution in [2.75, 3.05) is 0 Å². The van der Waals surface area contributed by atoms with Crippen LogP contribution >= 0.6 is 15.9 Å². The highest BCUT2D eigenvalue weighted by molar-refractivity contribution is 9.09. The molecule has 0 saturated carbocycles. The highest BCUT2D eigenvalue weighted by atomic mass is 79.9. The van der Waals surface area contributed by atoms with E-state index >= 15 is 0 Å². The summed E-state index contributed by atoms with van der Waals surface area (Å²) >= 11 is 3.82. The molecule has 1 atom stereocenters. The van der Waals surface area contributed by atoms with Crippen molar-refractivity contribution >= 4 is 26.8 Å². The Morgan fingerprint density at radius 1 is 1.00 bits per heavy atom. The monoisotopic (exact) mass is 339 g/mol. The fourth-order valence-corrected chi connectivity index (χ4v) is 3.54. The zero-order valence-electron chi connectivity index (χ0n) is 12.3. The summed E-state index contributed by atoms with van der Waals surface area (Å²) in [5, 5.41) is 1.19. The van der Waals surface area contributed by atoms with Gasteiger partial charge in [0.15, 0.2) is 0 Å². The molecule has 1 heterocycles. The maximum absolute atomic E-state index is 4.76. The van der Waals surface area contributed by atoms with E-state index in [1.54, 1.807) is 0 Å². The van der Waals surface area contributed by atoms with Gasteiger partial charge in [-0.1, -0.05) is 64.0 Å². The molecule has 0 aliphatic rings. The van der Waals surface area contributed by atoms with E-state index in [4.69, 9.17) is 4.98 Å². The van der Waals surface area contributed by atoms with E-state index in [9.17, 15) is 0 Å². The Kier molecular flexibility index (Phi) is 4.07. The van der Waals surface area contributed by atoms with Crippen LogP contribution < -0.4 is 0 Å². The molecule has 1 aromatic heterocycles. The second-order valence-corrected chi connectivity index (χ2v) is 6.63. The average molecular weight is 340 g/mol. The summed E-state index contributed by atoms with van der Waals surface area (Å²) in [6, 6.07) is 19.1. The van der Waals surface area contributed by atoms with E-state index in [-0.39, 0.29) is 0 Å². The summed E-state index contributed by atoms with van der Waals surface area (Å²) in [5.74, 6) is 0. The van der Waals surface area contributed by atoms with Crippen molar-refractivity contribution in [1.82, 2.24) is 4.98 Å². The van der Waals surface area contributed by atoms with Crippen molar-refractivity contribution in [3.63, 3.8) is 0 Å². The Morgan fingerprint density at radius 3 is 2.62 bits per heavy atom. The first kappa shape index (κ1) is 14.3. The summed E-state index contributed by atoms with van der Waals surface area (Å²) in [6.07, 6.45) is 0.898. The molecule has 0 radical (unpaired) electrons. The lowest BCUT2D eigenvalue weighted by atomic mass is 10.0. The van der Waals surface area contributed by atoms with E-state index in [0.29, 0.717) is 4.83 Å². The predicted molar refractivity (Wildman–Crippen MR) is 93.0 cm³/mol. The largest absolute Gasteiger partial charge is 0.253 e. The maximum atomic E-state index is 4.76. The van der Waals surface area contributed by atoms with Gasteiger partial charge in [-0.2, -0.15) is 0 Å². The standard InChI is InChI=1S/C19H18BrN/c1-13-7-10-17(14(2)11-13)18(20)12-16-9-8-15-5-3-4-6-19(15)21-16/h3-11,18H,12H2,1-2H3. The molecule has 0 spiro atoms. The van der Waals surface area contributed by atoms with Crippen LogP contribution in [0.2, 0.25) is 0 Å². The Balaban J connectivity index is 1.87. The number of fused-ring (bicyclic) bond motifs is 1. The molecule has 2 aromatic carbocycles. The SMILES string of the molecule is Cc1ccc(C(Br)Cc2ccc3ccccc3n2)c(C)c1. The van der Waals surface area contributed by atoms with Crippen LogP contribution in [-0.2, 0) is 6.42 Å².